The van der Waals surface area contributed by atoms with Gasteiger partial charge in [-0.25, -0.2) is 8.42 Å². The lowest BCUT2D eigenvalue weighted by atomic mass is 10.1. The summed E-state index contributed by atoms with van der Waals surface area (Å²) in [5.41, 5.74) is 3.06. The molecule has 28 heavy (non-hydrogen) atoms. The minimum atomic E-state index is -3.82. The van der Waals surface area contributed by atoms with Gasteiger partial charge in [0, 0.05) is 22.0 Å². The summed E-state index contributed by atoms with van der Waals surface area (Å²) in [4.78, 5) is 12.6. The van der Waals surface area contributed by atoms with E-state index in [2.05, 4.69) is 10.0 Å². The summed E-state index contributed by atoms with van der Waals surface area (Å²) in [6.45, 7) is 3.70. The first-order chi connectivity index (χ1) is 13.2. The second kappa shape index (κ2) is 8.04. The maximum Gasteiger partial charge on any atom is 0.261 e. The van der Waals surface area contributed by atoms with Crippen LogP contribution < -0.4 is 10.0 Å². The van der Waals surface area contributed by atoms with Gasteiger partial charge in [0.15, 0.2) is 0 Å². The van der Waals surface area contributed by atoms with Crippen molar-refractivity contribution in [1.29, 1.82) is 0 Å². The van der Waals surface area contributed by atoms with Gasteiger partial charge in [-0.3, -0.25) is 9.52 Å². The Labute approximate surface area is 169 Å². The Morgan fingerprint density at radius 1 is 0.929 bits per heavy atom. The van der Waals surface area contributed by atoms with Crippen LogP contribution in [-0.2, 0) is 10.0 Å². The Kier molecular flexibility index (Phi) is 5.72. The molecule has 144 valence electrons. The zero-order valence-corrected chi connectivity index (χ0v) is 16.9. The molecule has 7 heteroatoms. The van der Waals surface area contributed by atoms with Crippen LogP contribution in [0.15, 0.2) is 71.6 Å². The molecule has 0 aliphatic rings. The van der Waals surface area contributed by atoms with Crippen LogP contribution in [-0.4, -0.2) is 14.3 Å². The van der Waals surface area contributed by atoms with Crippen molar-refractivity contribution in [2.24, 2.45) is 0 Å². The third-order valence-electron chi connectivity index (χ3n) is 4.11. The van der Waals surface area contributed by atoms with Crippen molar-refractivity contribution in [1.82, 2.24) is 0 Å². The van der Waals surface area contributed by atoms with Gasteiger partial charge in [0.2, 0.25) is 0 Å². The summed E-state index contributed by atoms with van der Waals surface area (Å²) in [6.07, 6.45) is 0. The predicted molar refractivity (Wildman–Crippen MR) is 113 cm³/mol. The van der Waals surface area contributed by atoms with Crippen LogP contribution in [0.5, 0.6) is 0 Å². The second-order valence-electron chi connectivity index (χ2n) is 6.42. The molecule has 0 bridgehead atoms. The Morgan fingerprint density at radius 3 is 2.39 bits per heavy atom. The summed E-state index contributed by atoms with van der Waals surface area (Å²) in [6, 6.07) is 18.1. The highest BCUT2D eigenvalue weighted by atomic mass is 35.5. The topological polar surface area (TPSA) is 75.3 Å². The summed E-state index contributed by atoms with van der Waals surface area (Å²) < 4.78 is 27.9. The molecule has 0 atom stereocenters. The van der Waals surface area contributed by atoms with Gasteiger partial charge < -0.3 is 5.32 Å². The monoisotopic (exact) mass is 414 g/mol. The molecular weight excluding hydrogens is 396 g/mol. The number of sulfonamides is 1. The molecule has 0 aromatic heterocycles. The number of carbonyl (C=O) groups excluding carboxylic acids is 1. The van der Waals surface area contributed by atoms with Crippen molar-refractivity contribution < 1.29 is 13.2 Å². The lowest BCUT2D eigenvalue weighted by molar-refractivity contribution is 0.102. The summed E-state index contributed by atoms with van der Waals surface area (Å²) in [7, 11) is -3.82. The van der Waals surface area contributed by atoms with E-state index in [-0.39, 0.29) is 10.5 Å². The quantitative estimate of drug-likeness (QED) is 0.616. The number of aryl methyl sites for hydroxylation is 2. The van der Waals surface area contributed by atoms with Crippen molar-refractivity contribution >= 4 is 38.9 Å². The van der Waals surface area contributed by atoms with Gasteiger partial charge in [0.1, 0.15) is 0 Å². The highest BCUT2D eigenvalue weighted by molar-refractivity contribution is 7.92. The lowest BCUT2D eigenvalue weighted by Crippen LogP contribution is -2.16. The molecule has 0 unspecified atom stereocenters. The Balaban J connectivity index is 1.83. The standard InChI is InChI=1S/C21H19ClN2O3S/c1-14-5-3-7-18(11-14)24-28(26,27)19-8-4-6-16(13-19)21(25)23-20-10-9-17(22)12-15(20)2/h3-13,24H,1-2H3,(H,23,25). The number of carbonyl (C=O) groups is 1. The molecule has 0 spiro atoms. The van der Waals surface area contributed by atoms with E-state index in [4.69, 9.17) is 11.6 Å². The molecule has 0 saturated heterocycles. The van der Waals surface area contributed by atoms with E-state index < -0.39 is 15.9 Å². The van der Waals surface area contributed by atoms with Crippen molar-refractivity contribution in [3.63, 3.8) is 0 Å². The molecule has 1 amide bonds. The fourth-order valence-electron chi connectivity index (χ4n) is 2.69. The zero-order valence-electron chi connectivity index (χ0n) is 15.4. The predicted octanol–water partition coefficient (Wildman–Crippen LogP) is 5.01. The third kappa shape index (κ3) is 4.71. The van der Waals surface area contributed by atoms with E-state index >= 15 is 0 Å². The number of benzene rings is 3. The van der Waals surface area contributed by atoms with E-state index in [1.807, 2.05) is 19.9 Å². The molecule has 5 nitrogen and oxygen atoms in total. The van der Waals surface area contributed by atoms with Crippen LogP contribution in [0.2, 0.25) is 5.02 Å². The van der Waals surface area contributed by atoms with Gasteiger partial charge in [-0.05, 0) is 73.5 Å². The number of hydrogen-bond donors (Lipinski definition) is 2. The Bertz CT molecular complexity index is 1140. The number of anilines is 2. The molecule has 0 fully saturated rings. The molecule has 3 rings (SSSR count). The maximum absolute atomic E-state index is 12.7. The first kappa shape index (κ1) is 19.9. The Hall–Kier alpha value is -2.83. The van der Waals surface area contributed by atoms with Gasteiger partial charge in [-0.15, -0.1) is 0 Å². The molecule has 2 N–H and O–H groups in total. The van der Waals surface area contributed by atoms with Crippen LogP contribution in [0.1, 0.15) is 21.5 Å². The van der Waals surface area contributed by atoms with Gasteiger partial charge in [-0.1, -0.05) is 29.8 Å². The van der Waals surface area contributed by atoms with Crippen molar-refractivity contribution in [3.05, 3.63) is 88.4 Å². The lowest BCUT2D eigenvalue weighted by Gasteiger charge is -2.11. The summed E-state index contributed by atoms with van der Waals surface area (Å²) in [5.74, 6) is -0.405. The molecular formula is C21H19ClN2O3S. The van der Waals surface area contributed by atoms with Gasteiger partial charge >= 0.3 is 0 Å². The van der Waals surface area contributed by atoms with E-state index in [1.165, 1.54) is 18.2 Å². The minimum Gasteiger partial charge on any atom is -0.322 e. The van der Waals surface area contributed by atoms with Crippen LogP contribution in [0, 0.1) is 13.8 Å². The molecule has 0 saturated carbocycles. The third-order valence-corrected chi connectivity index (χ3v) is 5.73. The van der Waals surface area contributed by atoms with E-state index in [1.54, 1.807) is 42.5 Å². The summed E-state index contributed by atoms with van der Waals surface area (Å²) in [5, 5.41) is 3.35. The first-order valence-corrected chi connectivity index (χ1v) is 10.4. The molecule has 0 heterocycles. The van der Waals surface area contributed by atoms with Crippen molar-refractivity contribution in [2.75, 3.05) is 10.0 Å². The second-order valence-corrected chi connectivity index (χ2v) is 8.54. The molecule has 0 aliphatic heterocycles. The van der Waals surface area contributed by atoms with Crippen LogP contribution in [0.3, 0.4) is 0 Å². The van der Waals surface area contributed by atoms with Gasteiger partial charge in [0.25, 0.3) is 15.9 Å². The summed E-state index contributed by atoms with van der Waals surface area (Å²) >= 11 is 5.93. The van der Waals surface area contributed by atoms with Crippen LogP contribution >= 0.6 is 11.6 Å². The van der Waals surface area contributed by atoms with Crippen molar-refractivity contribution in [2.45, 2.75) is 18.7 Å². The molecule has 3 aromatic carbocycles. The fraction of sp³-hybridized carbons (Fsp3) is 0.0952. The molecule has 3 aromatic rings. The average Bonchev–Trinajstić information content (AvgIpc) is 2.64. The number of hydrogen-bond acceptors (Lipinski definition) is 3. The maximum atomic E-state index is 12.7. The number of halogens is 1. The zero-order chi connectivity index (χ0) is 20.3. The van der Waals surface area contributed by atoms with Gasteiger partial charge in [0.05, 0.1) is 4.90 Å². The minimum absolute atomic E-state index is 0.00878. The first-order valence-electron chi connectivity index (χ1n) is 8.52. The number of rotatable bonds is 5. The van der Waals surface area contributed by atoms with E-state index in [9.17, 15) is 13.2 Å². The fourth-order valence-corrected chi connectivity index (χ4v) is 4.01. The van der Waals surface area contributed by atoms with E-state index in [0.29, 0.717) is 16.4 Å². The van der Waals surface area contributed by atoms with Crippen LogP contribution in [0.4, 0.5) is 11.4 Å². The molecule has 0 aliphatic carbocycles. The van der Waals surface area contributed by atoms with Crippen molar-refractivity contribution in [3.8, 4) is 0 Å². The highest BCUT2D eigenvalue weighted by Crippen LogP contribution is 2.22. The van der Waals surface area contributed by atoms with E-state index in [0.717, 1.165) is 11.1 Å². The van der Waals surface area contributed by atoms with Crippen LogP contribution in [0.25, 0.3) is 0 Å². The van der Waals surface area contributed by atoms with Gasteiger partial charge in [-0.2, -0.15) is 0 Å². The normalized spacial score (nSPS) is 11.1. The Morgan fingerprint density at radius 2 is 1.68 bits per heavy atom. The average molecular weight is 415 g/mol. The number of nitrogens with one attached hydrogen (secondary N) is 2. The SMILES string of the molecule is Cc1cccc(NS(=O)(=O)c2cccc(C(=O)Nc3ccc(Cl)cc3C)c2)c1. The smallest absolute Gasteiger partial charge is 0.261 e. The molecule has 0 radical (unpaired) electrons. The largest absolute Gasteiger partial charge is 0.322 e. The highest BCUT2D eigenvalue weighted by Gasteiger charge is 2.17. The number of amides is 1.